The summed E-state index contributed by atoms with van der Waals surface area (Å²) >= 11 is 0. The maximum Gasteiger partial charge on any atom is 0.164 e. The Hall–Kier alpha value is -6.58. The summed E-state index contributed by atoms with van der Waals surface area (Å²) < 4.78 is 6.74. The number of para-hydroxylation sites is 1. The number of fused-ring (bicyclic) bond motifs is 3. The molecule has 7 aromatic carbocycles. The van der Waals surface area contributed by atoms with Gasteiger partial charge in [-0.3, -0.25) is 0 Å². The normalized spacial score (nSPS) is 11.3. The average molecular weight is 627 g/mol. The Kier molecular flexibility index (Phi) is 7.14. The van der Waals surface area contributed by atoms with Crippen LogP contribution in [-0.4, -0.2) is 9.97 Å². The fourth-order valence-corrected chi connectivity index (χ4v) is 6.72. The SMILES string of the molecule is c1ccc(-c2cc(-c3ccccc3)cc(-c3cccc4oc5c(-c6nc(-c7ccccc7)cc(-c7ccccc7)n6)cccc5c34)c2)cc1. The predicted molar refractivity (Wildman–Crippen MR) is 202 cm³/mol. The Labute approximate surface area is 284 Å². The predicted octanol–water partition coefficient (Wildman–Crippen LogP) is 12.4. The first kappa shape index (κ1) is 28.6. The van der Waals surface area contributed by atoms with Crippen LogP contribution in [0.15, 0.2) is 186 Å². The van der Waals surface area contributed by atoms with Crippen molar-refractivity contribution >= 4 is 21.9 Å². The van der Waals surface area contributed by atoms with Crippen LogP contribution in [0, 0.1) is 0 Å². The van der Waals surface area contributed by atoms with E-state index >= 15 is 0 Å². The number of rotatable bonds is 6. The number of benzene rings is 7. The number of hydrogen-bond donors (Lipinski definition) is 0. The molecule has 3 heteroatoms. The Morgan fingerprint density at radius 2 is 0.816 bits per heavy atom. The van der Waals surface area contributed by atoms with E-state index in [0.717, 1.165) is 61.1 Å². The van der Waals surface area contributed by atoms with Gasteiger partial charge in [-0.2, -0.15) is 0 Å². The van der Waals surface area contributed by atoms with Crippen molar-refractivity contribution in [2.75, 3.05) is 0 Å². The van der Waals surface area contributed by atoms with Gasteiger partial charge in [-0.25, -0.2) is 9.97 Å². The van der Waals surface area contributed by atoms with Crippen molar-refractivity contribution in [2.24, 2.45) is 0 Å². The molecule has 0 aliphatic rings. The molecule has 0 saturated carbocycles. The van der Waals surface area contributed by atoms with E-state index < -0.39 is 0 Å². The molecule has 0 atom stereocenters. The zero-order valence-electron chi connectivity index (χ0n) is 26.6. The van der Waals surface area contributed by atoms with Crippen molar-refractivity contribution < 1.29 is 4.42 Å². The zero-order chi connectivity index (χ0) is 32.6. The molecule has 0 spiro atoms. The molecule has 0 saturated heterocycles. The van der Waals surface area contributed by atoms with Gasteiger partial charge < -0.3 is 4.42 Å². The Balaban J connectivity index is 1.26. The molecule has 0 N–H and O–H groups in total. The van der Waals surface area contributed by atoms with Gasteiger partial charge in [-0.1, -0.05) is 146 Å². The van der Waals surface area contributed by atoms with E-state index in [-0.39, 0.29) is 0 Å². The van der Waals surface area contributed by atoms with Gasteiger partial charge in [0, 0.05) is 21.9 Å². The minimum absolute atomic E-state index is 0.629. The smallest absolute Gasteiger partial charge is 0.164 e. The van der Waals surface area contributed by atoms with Gasteiger partial charge in [0.05, 0.1) is 17.0 Å². The van der Waals surface area contributed by atoms with Crippen LogP contribution in [0.4, 0.5) is 0 Å². The standard InChI is InChI=1S/C46H30N2O/c1-5-15-31(16-6-1)35-27-36(32-17-7-2-8-18-32)29-37(28-35)38-23-14-26-43-44(38)39-24-13-25-40(45(39)49-43)46-47-41(33-19-9-3-10-20-33)30-42(48-46)34-21-11-4-12-22-34/h1-30H. The number of aromatic nitrogens is 2. The molecule has 0 bridgehead atoms. The fourth-order valence-electron chi connectivity index (χ4n) is 6.72. The highest BCUT2D eigenvalue weighted by Gasteiger charge is 2.19. The number of furan rings is 1. The molecule has 0 aliphatic carbocycles. The van der Waals surface area contributed by atoms with Crippen molar-refractivity contribution in [3.8, 4) is 67.3 Å². The highest BCUT2D eigenvalue weighted by molar-refractivity contribution is 6.15. The van der Waals surface area contributed by atoms with Crippen LogP contribution in [-0.2, 0) is 0 Å². The summed E-state index contributed by atoms with van der Waals surface area (Å²) in [5.74, 6) is 0.629. The van der Waals surface area contributed by atoms with E-state index in [1.807, 2.05) is 36.4 Å². The summed E-state index contributed by atoms with van der Waals surface area (Å²) in [5.41, 5.74) is 13.2. The summed E-state index contributed by atoms with van der Waals surface area (Å²) in [7, 11) is 0. The number of hydrogen-bond acceptors (Lipinski definition) is 3. The van der Waals surface area contributed by atoms with E-state index in [2.05, 4.69) is 146 Å². The third kappa shape index (κ3) is 5.38. The molecule has 3 nitrogen and oxygen atoms in total. The Morgan fingerprint density at radius 3 is 1.37 bits per heavy atom. The topological polar surface area (TPSA) is 38.9 Å². The second-order valence-corrected chi connectivity index (χ2v) is 12.2. The Morgan fingerprint density at radius 1 is 0.347 bits per heavy atom. The molecule has 2 heterocycles. The van der Waals surface area contributed by atoms with Crippen molar-refractivity contribution in [1.29, 1.82) is 0 Å². The molecule has 0 amide bonds. The zero-order valence-corrected chi connectivity index (χ0v) is 26.6. The van der Waals surface area contributed by atoms with Gasteiger partial charge in [-0.15, -0.1) is 0 Å². The minimum Gasteiger partial charge on any atom is -0.455 e. The van der Waals surface area contributed by atoms with E-state index in [0.29, 0.717) is 5.82 Å². The first-order valence-corrected chi connectivity index (χ1v) is 16.5. The van der Waals surface area contributed by atoms with Crippen LogP contribution in [0.25, 0.3) is 89.2 Å². The second-order valence-electron chi connectivity index (χ2n) is 12.2. The maximum atomic E-state index is 6.74. The first-order valence-electron chi connectivity index (χ1n) is 16.5. The molecule has 9 rings (SSSR count). The third-order valence-electron chi connectivity index (χ3n) is 9.09. The van der Waals surface area contributed by atoms with Crippen LogP contribution in [0.5, 0.6) is 0 Å². The van der Waals surface area contributed by atoms with Crippen molar-refractivity contribution in [1.82, 2.24) is 9.97 Å². The molecular weight excluding hydrogens is 597 g/mol. The molecule has 0 unspecified atom stereocenters. The van der Waals surface area contributed by atoms with Gasteiger partial charge in [0.15, 0.2) is 5.82 Å². The van der Waals surface area contributed by atoms with Crippen molar-refractivity contribution in [3.05, 3.63) is 182 Å². The summed E-state index contributed by atoms with van der Waals surface area (Å²) in [6.07, 6.45) is 0. The van der Waals surface area contributed by atoms with Gasteiger partial charge in [0.25, 0.3) is 0 Å². The third-order valence-corrected chi connectivity index (χ3v) is 9.09. The van der Waals surface area contributed by atoms with Crippen LogP contribution >= 0.6 is 0 Å². The number of nitrogens with zero attached hydrogens (tertiary/aromatic N) is 2. The van der Waals surface area contributed by atoms with Crippen LogP contribution in [0.1, 0.15) is 0 Å². The molecule has 0 fully saturated rings. The van der Waals surface area contributed by atoms with Crippen molar-refractivity contribution in [3.63, 3.8) is 0 Å². The van der Waals surface area contributed by atoms with Crippen LogP contribution in [0.3, 0.4) is 0 Å². The van der Waals surface area contributed by atoms with E-state index in [9.17, 15) is 0 Å². The van der Waals surface area contributed by atoms with E-state index in [1.54, 1.807) is 0 Å². The highest BCUT2D eigenvalue weighted by Crippen LogP contribution is 2.42. The summed E-state index contributed by atoms with van der Waals surface area (Å²) in [5, 5.41) is 2.11. The lowest BCUT2D eigenvalue weighted by Gasteiger charge is -2.12. The summed E-state index contributed by atoms with van der Waals surface area (Å²) in [6, 6.07) is 63.2. The summed E-state index contributed by atoms with van der Waals surface area (Å²) in [6.45, 7) is 0. The lowest BCUT2D eigenvalue weighted by atomic mass is 9.91. The van der Waals surface area contributed by atoms with Crippen LogP contribution in [0.2, 0.25) is 0 Å². The van der Waals surface area contributed by atoms with Gasteiger partial charge >= 0.3 is 0 Å². The monoisotopic (exact) mass is 626 g/mol. The highest BCUT2D eigenvalue weighted by atomic mass is 16.3. The Bertz CT molecular complexity index is 2460. The van der Waals surface area contributed by atoms with Gasteiger partial charge in [0.1, 0.15) is 11.2 Å². The molecular formula is C46H30N2O. The fraction of sp³-hybridized carbons (Fsp3) is 0. The average Bonchev–Trinajstić information content (AvgIpc) is 3.58. The molecule has 49 heavy (non-hydrogen) atoms. The molecule has 2 aromatic heterocycles. The van der Waals surface area contributed by atoms with Crippen LogP contribution < -0.4 is 0 Å². The molecule has 0 aliphatic heterocycles. The lowest BCUT2D eigenvalue weighted by molar-refractivity contribution is 0.669. The molecule has 0 radical (unpaired) electrons. The largest absolute Gasteiger partial charge is 0.455 e. The van der Waals surface area contributed by atoms with E-state index in [4.69, 9.17) is 14.4 Å². The minimum atomic E-state index is 0.629. The lowest BCUT2D eigenvalue weighted by Crippen LogP contribution is -1.96. The molecule has 230 valence electrons. The first-order chi connectivity index (χ1) is 24.3. The maximum absolute atomic E-state index is 6.74. The van der Waals surface area contributed by atoms with Gasteiger partial charge in [0.2, 0.25) is 0 Å². The quantitative estimate of drug-likeness (QED) is 0.184. The van der Waals surface area contributed by atoms with Gasteiger partial charge in [-0.05, 0) is 69.8 Å². The summed E-state index contributed by atoms with van der Waals surface area (Å²) in [4.78, 5) is 10.2. The second kappa shape index (κ2) is 12.2. The van der Waals surface area contributed by atoms with E-state index in [1.165, 1.54) is 22.3 Å². The van der Waals surface area contributed by atoms with Crippen molar-refractivity contribution in [2.45, 2.75) is 0 Å². The molecule has 9 aromatic rings.